The van der Waals surface area contributed by atoms with Crippen LogP contribution < -0.4 is 10.6 Å². The fourth-order valence-electron chi connectivity index (χ4n) is 1.17. The molecule has 0 unspecified atom stereocenters. The number of carboxylic acid groups (broad SMARTS) is 1. The monoisotopic (exact) mass is 259 g/mol. The van der Waals surface area contributed by atoms with E-state index in [1.54, 1.807) is 0 Å². The number of nitrogens with zero attached hydrogens (tertiary/aromatic N) is 3. The molecule has 94 valence electrons. The molecule has 0 aliphatic heterocycles. The van der Waals surface area contributed by atoms with E-state index >= 15 is 0 Å². The topological polar surface area (TPSA) is 117 Å². The van der Waals surface area contributed by atoms with Gasteiger partial charge in [0.15, 0.2) is 0 Å². The highest BCUT2D eigenvalue weighted by molar-refractivity contribution is 7.09. The molecule has 9 heteroatoms. The zero-order valence-electron chi connectivity index (χ0n) is 9.38. The van der Waals surface area contributed by atoms with Gasteiger partial charge in [-0.25, -0.2) is 9.59 Å². The first-order valence-corrected chi connectivity index (χ1v) is 5.71. The molecule has 1 rings (SSSR count). The van der Waals surface area contributed by atoms with E-state index in [0.717, 1.165) is 11.5 Å². The van der Waals surface area contributed by atoms with Crippen molar-refractivity contribution in [3.05, 3.63) is 0 Å². The Bertz CT molecular complexity index is 381. The van der Waals surface area contributed by atoms with Crippen molar-refractivity contribution in [2.24, 2.45) is 5.92 Å². The van der Waals surface area contributed by atoms with Crippen LogP contribution in [0.4, 0.5) is 9.93 Å². The molecule has 0 aliphatic rings. The van der Waals surface area contributed by atoms with Crippen LogP contribution in [0, 0.1) is 5.92 Å². The number of urea groups is 1. The molecule has 0 fully saturated rings. The predicted molar refractivity (Wildman–Crippen MR) is 60.7 cm³/mol. The molecule has 0 aromatic carbocycles. The first-order chi connectivity index (χ1) is 7.99. The van der Waals surface area contributed by atoms with E-state index in [1.807, 2.05) is 13.8 Å². The van der Waals surface area contributed by atoms with E-state index in [9.17, 15) is 9.59 Å². The Morgan fingerprint density at radius 3 is 2.65 bits per heavy atom. The van der Waals surface area contributed by atoms with Crippen LogP contribution in [0.5, 0.6) is 0 Å². The van der Waals surface area contributed by atoms with Crippen molar-refractivity contribution in [1.82, 2.24) is 20.1 Å². The van der Waals surface area contributed by atoms with E-state index in [4.69, 9.17) is 5.11 Å². The van der Waals surface area contributed by atoms with Crippen LogP contribution in [0.15, 0.2) is 0 Å². The molecule has 0 aliphatic carbocycles. The lowest BCUT2D eigenvalue weighted by Crippen LogP contribution is -2.43. The summed E-state index contributed by atoms with van der Waals surface area (Å²) >= 11 is 0.909. The van der Waals surface area contributed by atoms with Crippen molar-refractivity contribution in [3.63, 3.8) is 0 Å². The third-order valence-electron chi connectivity index (χ3n) is 1.83. The molecule has 1 aromatic heterocycles. The second-order valence-electron chi connectivity index (χ2n) is 3.79. The highest BCUT2D eigenvalue weighted by Crippen LogP contribution is 2.07. The van der Waals surface area contributed by atoms with Gasteiger partial charge < -0.3 is 10.4 Å². The van der Waals surface area contributed by atoms with Gasteiger partial charge in [0.1, 0.15) is 6.04 Å². The van der Waals surface area contributed by atoms with Crippen LogP contribution in [-0.4, -0.2) is 37.9 Å². The van der Waals surface area contributed by atoms with Crippen molar-refractivity contribution in [3.8, 4) is 0 Å². The molecule has 2 amide bonds. The van der Waals surface area contributed by atoms with E-state index in [-0.39, 0.29) is 11.0 Å². The van der Waals surface area contributed by atoms with Gasteiger partial charge >= 0.3 is 12.0 Å². The molecule has 0 radical (unpaired) electrons. The number of carbonyl (C=O) groups is 2. The third-order valence-corrected chi connectivity index (χ3v) is 2.34. The van der Waals surface area contributed by atoms with Gasteiger partial charge in [-0.15, -0.1) is 0 Å². The number of aromatic nitrogens is 3. The number of carboxylic acids is 1. The summed E-state index contributed by atoms with van der Waals surface area (Å²) < 4.78 is 3.46. The van der Waals surface area contributed by atoms with Crippen molar-refractivity contribution >= 4 is 28.7 Å². The van der Waals surface area contributed by atoms with Gasteiger partial charge in [0, 0.05) is 11.5 Å². The summed E-state index contributed by atoms with van der Waals surface area (Å²) in [6, 6.07) is -1.55. The van der Waals surface area contributed by atoms with Gasteiger partial charge in [-0.3, -0.25) is 5.32 Å². The van der Waals surface area contributed by atoms with Crippen LogP contribution in [0.1, 0.15) is 20.3 Å². The maximum Gasteiger partial charge on any atom is 0.326 e. The molecule has 3 N–H and O–H groups in total. The summed E-state index contributed by atoms with van der Waals surface area (Å²) in [6.07, 6.45) is 0.358. The molecule has 0 bridgehead atoms. The van der Waals surface area contributed by atoms with Crippen LogP contribution in [0.2, 0.25) is 0 Å². The van der Waals surface area contributed by atoms with Gasteiger partial charge in [-0.05, 0) is 17.6 Å². The maximum absolute atomic E-state index is 11.4. The Morgan fingerprint density at radius 2 is 2.18 bits per heavy atom. The minimum atomic E-state index is -1.07. The van der Waals surface area contributed by atoms with Crippen LogP contribution in [-0.2, 0) is 4.79 Å². The standard InChI is InChI=1S/C8H13N5O3S/c1-4(2)3-5(6(14)15)9-7(16)10-8-11-12-13-17-8/h4-5H,3H2,1-2H3,(H,14,15)(H2,9,10,11,13,16)/t5-/m1/s1. The van der Waals surface area contributed by atoms with Crippen molar-refractivity contribution in [2.75, 3.05) is 5.32 Å². The number of rotatable bonds is 5. The molecule has 0 saturated carbocycles. The first kappa shape index (κ1) is 13.3. The van der Waals surface area contributed by atoms with Gasteiger partial charge in [-0.2, -0.15) is 0 Å². The number of hydrogen-bond acceptors (Lipinski definition) is 6. The number of anilines is 1. The van der Waals surface area contributed by atoms with Gasteiger partial charge in [-0.1, -0.05) is 23.4 Å². The number of amides is 2. The molecular formula is C8H13N5O3S. The summed E-state index contributed by atoms with van der Waals surface area (Å²) in [4.78, 5) is 22.3. The molecule has 8 nitrogen and oxygen atoms in total. The summed E-state index contributed by atoms with van der Waals surface area (Å²) in [6.45, 7) is 3.76. The lowest BCUT2D eigenvalue weighted by molar-refractivity contribution is -0.139. The summed E-state index contributed by atoms with van der Waals surface area (Å²) in [7, 11) is 0. The minimum absolute atomic E-state index is 0.166. The second-order valence-corrected chi connectivity index (χ2v) is 4.52. The number of hydrogen-bond donors (Lipinski definition) is 3. The van der Waals surface area contributed by atoms with Gasteiger partial charge in [0.2, 0.25) is 5.13 Å². The Hall–Kier alpha value is -1.77. The average Bonchev–Trinajstić information content (AvgIpc) is 2.68. The van der Waals surface area contributed by atoms with Gasteiger partial charge in [0.25, 0.3) is 0 Å². The minimum Gasteiger partial charge on any atom is -0.480 e. The van der Waals surface area contributed by atoms with Crippen molar-refractivity contribution in [2.45, 2.75) is 26.3 Å². The number of nitrogens with one attached hydrogen (secondary N) is 2. The molecule has 1 aromatic rings. The largest absolute Gasteiger partial charge is 0.480 e. The van der Waals surface area contributed by atoms with Crippen LogP contribution >= 0.6 is 11.5 Å². The number of carbonyl (C=O) groups excluding carboxylic acids is 1. The summed E-state index contributed by atoms with van der Waals surface area (Å²) in [5.41, 5.74) is 0. The summed E-state index contributed by atoms with van der Waals surface area (Å²) in [5.74, 6) is -0.899. The molecule has 0 saturated heterocycles. The molecule has 1 atom stereocenters. The highest BCUT2D eigenvalue weighted by Gasteiger charge is 2.21. The van der Waals surface area contributed by atoms with Crippen molar-refractivity contribution < 1.29 is 14.7 Å². The van der Waals surface area contributed by atoms with Crippen LogP contribution in [0.3, 0.4) is 0 Å². The van der Waals surface area contributed by atoms with Crippen molar-refractivity contribution in [1.29, 1.82) is 0 Å². The average molecular weight is 259 g/mol. The quantitative estimate of drug-likeness (QED) is 0.711. The Balaban J connectivity index is 2.49. The Kier molecular flexibility index (Phi) is 4.76. The smallest absolute Gasteiger partial charge is 0.326 e. The second kappa shape index (κ2) is 6.09. The predicted octanol–water partition coefficient (Wildman–Crippen LogP) is 0.554. The lowest BCUT2D eigenvalue weighted by Gasteiger charge is -2.15. The maximum atomic E-state index is 11.4. The molecule has 0 spiro atoms. The van der Waals surface area contributed by atoms with Gasteiger partial charge in [0.05, 0.1) is 0 Å². The first-order valence-electron chi connectivity index (χ1n) is 4.94. The zero-order chi connectivity index (χ0) is 12.8. The molecule has 1 heterocycles. The molecule has 17 heavy (non-hydrogen) atoms. The fourth-order valence-corrected chi connectivity index (χ4v) is 1.53. The SMILES string of the molecule is CC(C)C[C@@H](NC(=O)Nc1nnns1)C(=O)O. The fraction of sp³-hybridized carbons (Fsp3) is 0.625. The lowest BCUT2D eigenvalue weighted by atomic mass is 10.0. The van der Waals surface area contributed by atoms with Crippen LogP contribution in [0.25, 0.3) is 0 Å². The third kappa shape index (κ3) is 4.72. The van der Waals surface area contributed by atoms with E-state index in [2.05, 4.69) is 25.4 Å². The van der Waals surface area contributed by atoms with E-state index < -0.39 is 18.0 Å². The highest BCUT2D eigenvalue weighted by atomic mass is 32.1. The van der Waals surface area contributed by atoms with E-state index in [1.165, 1.54) is 0 Å². The molecular weight excluding hydrogens is 246 g/mol. The zero-order valence-corrected chi connectivity index (χ0v) is 10.2. The normalized spacial score (nSPS) is 12.2. The number of aliphatic carboxylic acids is 1. The van der Waals surface area contributed by atoms with E-state index in [0.29, 0.717) is 6.42 Å². The summed E-state index contributed by atoms with van der Waals surface area (Å²) in [5, 5.41) is 20.6. The Morgan fingerprint density at radius 1 is 1.47 bits per heavy atom. The Labute approximate surface area is 102 Å².